The number of carbonyl (C=O) groups is 2. The molecule has 0 saturated carbocycles. The van der Waals surface area contributed by atoms with Gasteiger partial charge in [0.25, 0.3) is 0 Å². The van der Waals surface area contributed by atoms with Crippen molar-refractivity contribution in [3.8, 4) is 11.5 Å². The van der Waals surface area contributed by atoms with Crippen LogP contribution in [0.15, 0.2) is 18.3 Å². The minimum atomic E-state index is -0.505. The number of methoxy groups -OCH3 is 2. The van der Waals surface area contributed by atoms with Crippen LogP contribution >= 0.6 is 0 Å². The normalized spacial score (nSPS) is 16.0. The molecule has 25 heavy (non-hydrogen) atoms. The summed E-state index contributed by atoms with van der Waals surface area (Å²) in [4.78, 5) is 24.4. The molecule has 2 N–H and O–H groups in total. The highest BCUT2D eigenvalue weighted by Crippen LogP contribution is 2.45. The van der Waals surface area contributed by atoms with Crippen molar-refractivity contribution in [2.24, 2.45) is 0 Å². The van der Waals surface area contributed by atoms with Crippen LogP contribution in [0.3, 0.4) is 0 Å². The fourth-order valence-corrected chi connectivity index (χ4v) is 3.03. The third-order valence-electron chi connectivity index (χ3n) is 4.11. The summed E-state index contributed by atoms with van der Waals surface area (Å²) < 4.78 is 15.8. The van der Waals surface area contributed by atoms with Gasteiger partial charge >= 0.3 is 5.97 Å². The van der Waals surface area contributed by atoms with Gasteiger partial charge in [0.05, 0.1) is 32.7 Å². The maximum absolute atomic E-state index is 12.2. The second-order valence-electron chi connectivity index (χ2n) is 5.52. The molecule has 0 aliphatic carbocycles. The van der Waals surface area contributed by atoms with E-state index in [4.69, 9.17) is 14.2 Å². The summed E-state index contributed by atoms with van der Waals surface area (Å²) in [5, 5.41) is 9.47. The molecule has 1 atom stereocenters. The lowest BCUT2D eigenvalue weighted by atomic mass is 9.84. The summed E-state index contributed by atoms with van der Waals surface area (Å²) in [6.45, 7) is 1.98. The Balaban J connectivity index is 2.13. The average Bonchev–Trinajstić information content (AvgIpc) is 3.09. The van der Waals surface area contributed by atoms with Crippen molar-refractivity contribution in [2.45, 2.75) is 19.3 Å². The minimum absolute atomic E-state index is 0.163. The van der Waals surface area contributed by atoms with Crippen molar-refractivity contribution in [3.05, 3.63) is 35.2 Å². The zero-order valence-corrected chi connectivity index (χ0v) is 14.2. The van der Waals surface area contributed by atoms with Gasteiger partial charge in [-0.1, -0.05) is 0 Å². The van der Waals surface area contributed by atoms with Crippen LogP contribution in [-0.4, -0.2) is 42.9 Å². The molecule has 1 aromatic heterocycles. The molecule has 0 radical (unpaired) electrons. The van der Waals surface area contributed by atoms with Gasteiger partial charge in [0.1, 0.15) is 17.2 Å². The highest BCUT2D eigenvalue weighted by molar-refractivity contribution is 5.97. The second kappa shape index (κ2) is 6.84. The van der Waals surface area contributed by atoms with E-state index in [1.807, 2.05) is 0 Å². The first-order chi connectivity index (χ1) is 12.1. The zero-order valence-electron chi connectivity index (χ0n) is 14.2. The van der Waals surface area contributed by atoms with E-state index in [1.54, 1.807) is 32.4 Å². The number of fused-ring (bicyclic) bond motifs is 1. The van der Waals surface area contributed by atoms with Gasteiger partial charge in [-0.2, -0.15) is 5.10 Å². The quantitative estimate of drug-likeness (QED) is 0.804. The number of nitrogens with one attached hydrogen (secondary N) is 2. The first-order valence-corrected chi connectivity index (χ1v) is 7.85. The van der Waals surface area contributed by atoms with Gasteiger partial charge in [-0.05, 0) is 6.92 Å². The molecule has 8 nitrogen and oxygen atoms in total. The highest BCUT2D eigenvalue weighted by Gasteiger charge is 2.34. The van der Waals surface area contributed by atoms with Crippen LogP contribution in [0.4, 0.5) is 5.69 Å². The molecule has 0 unspecified atom stereocenters. The largest absolute Gasteiger partial charge is 0.497 e. The molecule has 1 amide bonds. The number of aromatic nitrogens is 2. The maximum Gasteiger partial charge on any atom is 0.356 e. The molecule has 2 aromatic rings. The van der Waals surface area contributed by atoms with E-state index in [0.717, 1.165) is 5.56 Å². The van der Waals surface area contributed by atoms with Gasteiger partial charge in [0.15, 0.2) is 0 Å². The highest BCUT2D eigenvalue weighted by atomic mass is 16.5. The van der Waals surface area contributed by atoms with E-state index < -0.39 is 5.97 Å². The Morgan fingerprint density at radius 2 is 2.12 bits per heavy atom. The van der Waals surface area contributed by atoms with E-state index >= 15 is 0 Å². The van der Waals surface area contributed by atoms with Crippen LogP contribution in [0.25, 0.3) is 0 Å². The van der Waals surface area contributed by atoms with Crippen LogP contribution in [0, 0.1) is 0 Å². The molecule has 1 aliphatic rings. The van der Waals surface area contributed by atoms with Gasteiger partial charge < -0.3 is 19.5 Å². The van der Waals surface area contributed by atoms with Crippen LogP contribution in [0.1, 0.15) is 40.9 Å². The molecule has 8 heteroatoms. The fourth-order valence-electron chi connectivity index (χ4n) is 3.03. The van der Waals surface area contributed by atoms with Crippen molar-refractivity contribution in [1.82, 2.24) is 10.2 Å². The summed E-state index contributed by atoms with van der Waals surface area (Å²) in [6, 6.07) is 3.47. The Morgan fingerprint density at radius 3 is 2.80 bits per heavy atom. The zero-order chi connectivity index (χ0) is 18.0. The van der Waals surface area contributed by atoms with Crippen LogP contribution in [0.2, 0.25) is 0 Å². The van der Waals surface area contributed by atoms with Crippen LogP contribution < -0.4 is 14.8 Å². The minimum Gasteiger partial charge on any atom is -0.497 e. The van der Waals surface area contributed by atoms with E-state index in [9.17, 15) is 9.59 Å². The van der Waals surface area contributed by atoms with Crippen molar-refractivity contribution in [2.75, 3.05) is 26.1 Å². The number of ether oxygens (including phenoxy) is 3. The van der Waals surface area contributed by atoms with Gasteiger partial charge in [-0.15, -0.1) is 0 Å². The number of nitrogens with zero attached hydrogens (tertiary/aromatic N) is 1. The summed E-state index contributed by atoms with van der Waals surface area (Å²) >= 11 is 0. The molecule has 0 fully saturated rings. The van der Waals surface area contributed by atoms with Crippen molar-refractivity contribution < 1.29 is 23.8 Å². The summed E-state index contributed by atoms with van der Waals surface area (Å²) in [7, 11) is 3.09. The molecule has 132 valence electrons. The molecular weight excluding hydrogens is 326 g/mol. The molecule has 1 aliphatic heterocycles. The van der Waals surface area contributed by atoms with Gasteiger partial charge in [0.2, 0.25) is 5.91 Å². The number of aromatic amines is 1. The van der Waals surface area contributed by atoms with Gasteiger partial charge in [-0.25, -0.2) is 4.79 Å². The number of carbonyl (C=O) groups excluding carboxylic acids is 2. The standard InChI is InChI=1S/C17H19N3O5/c1-4-25-17(22)16-11(8-18-20-16)10-7-14(21)19-12-5-9(23-2)6-13(24-3)15(10)12/h5-6,8,10H,4,7H2,1-3H3,(H,18,20)(H,19,21)/t10-/m1/s1. The first kappa shape index (κ1) is 16.8. The molecule has 0 spiro atoms. The Hall–Kier alpha value is -3.03. The molecule has 1 aromatic carbocycles. The van der Waals surface area contributed by atoms with E-state index in [0.29, 0.717) is 22.7 Å². The molecule has 2 heterocycles. The predicted molar refractivity (Wildman–Crippen MR) is 89.2 cm³/mol. The number of H-pyrrole nitrogens is 1. The van der Waals surface area contributed by atoms with E-state index in [2.05, 4.69) is 15.5 Å². The summed E-state index contributed by atoms with van der Waals surface area (Å²) in [5.41, 5.74) is 2.20. The molecular formula is C17H19N3O5. The number of hydrogen-bond acceptors (Lipinski definition) is 6. The van der Waals surface area contributed by atoms with Crippen molar-refractivity contribution >= 4 is 17.6 Å². The number of hydrogen-bond donors (Lipinski definition) is 2. The fraction of sp³-hybridized carbons (Fsp3) is 0.353. The molecule has 3 rings (SSSR count). The van der Waals surface area contributed by atoms with Gasteiger partial charge in [-0.3, -0.25) is 9.89 Å². The third-order valence-corrected chi connectivity index (χ3v) is 4.11. The van der Waals surface area contributed by atoms with E-state index in [-0.39, 0.29) is 30.5 Å². The third kappa shape index (κ3) is 3.02. The molecule has 0 saturated heterocycles. The Kier molecular flexibility index (Phi) is 4.60. The predicted octanol–water partition coefficient (Wildman–Crippen LogP) is 2.08. The number of benzene rings is 1. The number of anilines is 1. The Morgan fingerprint density at radius 1 is 1.32 bits per heavy atom. The number of esters is 1. The number of amides is 1. The maximum atomic E-state index is 12.2. The van der Waals surface area contributed by atoms with E-state index in [1.165, 1.54) is 7.11 Å². The van der Waals surface area contributed by atoms with Crippen LogP contribution in [0.5, 0.6) is 11.5 Å². The number of rotatable bonds is 5. The van der Waals surface area contributed by atoms with Gasteiger partial charge in [0, 0.05) is 35.6 Å². The Labute approximate surface area is 144 Å². The Bertz CT molecular complexity index is 815. The monoisotopic (exact) mass is 345 g/mol. The topological polar surface area (TPSA) is 103 Å². The first-order valence-electron chi connectivity index (χ1n) is 7.85. The molecule has 0 bridgehead atoms. The SMILES string of the molecule is CCOC(=O)c1[nH]ncc1[C@H]1CC(=O)Nc2cc(OC)cc(OC)c21. The lowest BCUT2D eigenvalue weighted by molar-refractivity contribution is -0.116. The lowest BCUT2D eigenvalue weighted by Gasteiger charge is -2.27. The van der Waals surface area contributed by atoms with Crippen molar-refractivity contribution in [1.29, 1.82) is 0 Å². The smallest absolute Gasteiger partial charge is 0.356 e. The summed E-state index contributed by atoms with van der Waals surface area (Å²) in [5.74, 6) is 0.0753. The van der Waals surface area contributed by atoms with Crippen molar-refractivity contribution in [3.63, 3.8) is 0 Å². The second-order valence-corrected chi connectivity index (χ2v) is 5.52. The lowest BCUT2D eigenvalue weighted by Crippen LogP contribution is -2.25. The van der Waals surface area contributed by atoms with Crippen LogP contribution in [-0.2, 0) is 9.53 Å². The average molecular weight is 345 g/mol. The summed E-state index contributed by atoms with van der Waals surface area (Å²) in [6.07, 6.45) is 1.71.